The van der Waals surface area contributed by atoms with Crippen LogP contribution in [-0.4, -0.2) is 19.0 Å². The number of nitrogens with zero attached hydrogens (tertiary/aromatic N) is 1. The Morgan fingerprint density at radius 3 is 2.75 bits per heavy atom. The molecule has 0 unspecified atom stereocenters. The molecule has 0 atom stereocenters. The van der Waals surface area contributed by atoms with Crippen molar-refractivity contribution in [1.82, 2.24) is 0 Å². The summed E-state index contributed by atoms with van der Waals surface area (Å²) in [6, 6.07) is 5.82. The van der Waals surface area contributed by atoms with Crippen LogP contribution in [0.5, 0.6) is 0 Å². The van der Waals surface area contributed by atoms with Crippen molar-refractivity contribution in [2.75, 3.05) is 13.2 Å². The molecule has 0 fully saturated rings. The van der Waals surface area contributed by atoms with Gasteiger partial charge in [0.15, 0.2) is 5.90 Å². The number of halogens is 2. The zero-order chi connectivity index (χ0) is 11.8. The van der Waals surface area contributed by atoms with Gasteiger partial charge in [-0.1, -0.05) is 24.6 Å². The summed E-state index contributed by atoms with van der Waals surface area (Å²) < 4.78 is 17.2. The van der Waals surface area contributed by atoms with E-state index in [1.165, 1.54) is 12.1 Å². The second-order valence-electron chi connectivity index (χ2n) is 3.31. The van der Waals surface area contributed by atoms with Gasteiger partial charge in [-0.3, -0.25) is 4.99 Å². The molecule has 0 saturated heterocycles. The van der Waals surface area contributed by atoms with E-state index in [1.807, 2.05) is 0 Å². The molecule has 16 heavy (non-hydrogen) atoms. The van der Waals surface area contributed by atoms with Gasteiger partial charge in [0.1, 0.15) is 12.4 Å². The van der Waals surface area contributed by atoms with E-state index in [4.69, 9.17) is 16.3 Å². The highest BCUT2D eigenvalue weighted by atomic mass is 35.5. The molecule has 88 valence electrons. The van der Waals surface area contributed by atoms with Crippen molar-refractivity contribution >= 4 is 17.5 Å². The standard InChI is InChI=1S/C6H4ClF.C6H11NO/c7-5-2-1-3-6(8)4-5;1-2-3-6-7-4-5-8-6/h1-4H;2-5H2,1H3. The Labute approximate surface area is 100 Å². The van der Waals surface area contributed by atoms with Crippen LogP contribution in [0.3, 0.4) is 0 Å². The highest BCUT2D eigenvalue weighted by Gasteiger charge is 2.03. The van der Waals surface area contributed by atoms with Crippen molar-refractivity contribution < 1.29 is 9.13 Å². The van der Waals surface area contributed by atoms with Gasteiger partial charge in [0.05, 0.1) is 6.54 Å². The smallest absolute Gasteiger partial charge is 0.183 e. The minimum absolute atomic E-state index is 0.294. The van der Waals surface area contributed by atoms with Crippen LogP contribution in [0.25, 0.3) is 0 Å². The van der Waals surface area contributed by atoms with E-state index in [1.54, 1.807) is 12.1 Å². The van der Waals surface area contributed by atoms with Gasteiger partial charge in [-0.2, -0.15) is 0 Å². The third-order valence-corrected chi connectivity index (χ3v) is 2.13. The number of rotatable bonds is 2. The largest absolute Gasteiger partial charge is 0.479 e. The van der Waals surface area contributed by atoms with Crippen molar-refractivity contribution in [3.63, 3.8) is 0 Å². The van der Waals surface area contributed by atoms with E-state index in [0.717, 1.165) is 31.9 Å². The van der Waals surface area contributed by atoms with Crippen molar-refractivity contribution in [2.45, 2.75) is 19.8 Å². The Hall–Kier alpha value is -1.09. The molecule has 0 saturated carbocycles. The molecule has 4 heteroatoms. The maximum Gasteiger partial charge on any atom is 0.183 e. The maximum atomic E-state index is 12.1. The van der Waals surface area contributed by atoms with Gasteiger partial charge in [-0.15, -0.1) is 0 Å². The van der Waals surface area contributed by atoms with Crippen molar-refractivity contribution in [1.29, 1.82) is 0 Å². The SMILES string of the molecule is CCCC1=NCCO1.Fc1cccc(Cl)c1. The molecular formula is C12H15ClFNO. The van der Waals surface area contributed by atoms with Crippen LogP contribution in [-0.2, 0) is 4.74 Å². The lowest BCUT2D eigenvalue weighted by Crippen LogP contribution is -1.96. The van der Waals surface area contributed by atoms with Gasteiger partial charge in [-0.05, 0) is 24.6 Å². The summed E-state index contributed by atoms with van der Waals surface area (Å²) in [4.78, 5) is 4.12. The molecule has 1 aromatic carbocycles. The van der Waals surface area contributed by atoms with Crippen LogP contribution in [0.1, 0.15) is 19.8 Å². The number of ether oxygens (including phenoxy) is 1. The monoisotopic (exact) mass is 243 g/mol. The molecule has 0 spiro atoms. The Balaban J connectivity index is 0.000000160. The summed E-state index contributed by atoms with van der Waals surface area (Å²) in [5.74, 6) is 0.657. The van der Waals surface area contributed by atoms with Crippen LogP contribution < -0.4 is 0 Å². The van der Waals surface area contributed by atoms with E-state index >= 15 is 0 Å². The lowest BCUT2D eigenvalue weighted by atomic mass is 10.3. The van der Waals surface area contributed by atoms with E-state index < -0.39 is 0 Å². The molecule has 0 aromatic heterocycles. The average Bonchev–Trinajstić information content (AvgIpc) is 2.71. The van der Waals surface area contributed by atoms with Crippen LogP contribution >= 0.6 is 11.6 Å². The van der Waals surface area contributed by atoms with Crippen LogP contribution in [0.15, 0.2) is 29.3 Å². The molecular weight excluding hydrogens is 229 g/mol. The molecule has 1 aromatic rings. The van der Waals surface area contributed by atoms with Gasteiger partial charge < -0.3 is 4.74 Å². The first-order valence-electron chi connectivity index (χ1n) is 5.29. The lowest BCUT2D eigenvalue weighted by molar-refractivity contribution is 0.338. The molecule has 1 heterocycles. The number of benzene rings is 1. The van der Waals surface area contributed by atoms with Gasteiger partial charge >= 0.3 is 0 Å². The Morgan fingerprint density at radius 1 is 1.50 bits per heavy atom. The van der Waals surface area contributed by atoms with E-state index in [-0.39, 0.29) is 5.82 Å². The summed E-state index contributed by atoms with van der Waals surface area (Å²) in [6.07, 6.45) is 2.15. The van der Waals surface area contributed by atoms with Crippen molar-refractivity contribution in [2.24, 2.45) is 4.99 Å². The average molecular weight is 244 g/mol. The first kappa shape index (κ1) is 13.0. The predicted octanol–water partition coefficient (Wildman–Crippen LogP) is 3.69. The quantitative estimate of drug-likeness (QED) is 0.776. The number of hydrogen-bond donors (Lipinski definition) is 0. The molecule has 1 aliphatic heterocycles. The lowest BCUT2D eigenvalue weighted by Gasteiger charge is -1.95. The highest BCUT2D eigenvalue weighted by molar-refractivity contribution is 6.30. The summed E-state index contributed by atoms with van der Waals surface area (Å²) in [5.41, 5.74) is 0. The zero-order valence-corrected chi connectivity index (χ0v) is 10.0. The fourth-order valence-corrected chi connectivity index (χ4v) is 1.38. The third kappa shape index (κ3) is 5.12. The van der Waals surface area contributed by atoms with Crippen molar-refractivity contribution in [3.05, 3.63) is 35.1 Å². The molecule has 0 bridgehead atoms. The van der Waals surface area contributed by atoms with Gasteiger partial charge in [0.25, 0.3) is 0 Å². The van der Waals surface area contributed by atoms with E-state index in [2.05, 4.69) is 11.9 Å². The van der Waals surface area contributed by atoms with Crippen LogP contribution in [0.4, 0.5) is 4.39 Å². The summed E-state index contributed by atoms with van der Waals surface area (Å²) >= 11 is 5.40. The normalized spacial score (nSPS) is 13.6. The van der Waals surface area contributed by atoms with E-state index in [9.17, 15) is 4.39 Å². The first-order valence-corrected chi connectivity index (χ1v) is 5.67. The molecule has 2 rings (SSSR count). The summed E-state index contributed by atoms with van der Waals surface area (Å²) in [7, 11) is 0. The molecule has 0 radical (unpaired) electrons. The molecule has 0 amide bonds. The predicted molar refractivity (Wildman–Crippen MR) is 64.6 cm³/mol. The number of aliphatic imine (C=N–C) groups is 1. The molecule has 0 N–H and O–H groups in total. The second kappa shape index (κ2) is 7.23. The van der Waals surface area contributed by atoms with E-state index in [0.29, 0.717) is 5.02 Å². The zero-order valence-electron chi connectivity index (χ0n) is 9.25. The summed E-state index contributed by atoms with van der Waals surface area (Å²) in [5, 5.41) is 0.435. The van der Waals surface area contributed by atoms with Crippen LogP contribution in [0, 0.1) is 5.82 Å². The third-order valence-electron chi connectivity index (χ3n) is 1.90. The minimum atomic E-state index is -0.294. The van der Waals surface area contributed by atoms with Gasteiger partial charge in [0.2, 0.25) is 0 Å². The fourth-order valence-electron chi connectivity index (χ4n) is 1.20. The van der Waals surface area contributed by atoms with Gasteiger partial charge in [-0.25, -0.2) is 4.39 Å². The van der Waals surface area contributed by atoms with Crippen LogP contribution in [0.2, 0.25) is 5.02 Å². The van der Waals surface area contributed by atoms with Gasteiger partial charge in [0, 0.05) is 11.4 Å². The molecule has 1 aliphatic rings. The topological polar surface area (TPSA) is 21.6 Å². The maximum absolute atomic E-state index is 12.1. The Kier molecular flexibility index (Phi) is 5.86. The summed E-state index contributed by atoms with van der Waals surface area (Å²) in [6.45, 7) is 3.80. The Bertz CT molecular complexity index is 337. The fraction of sp³-hybridized carbons (Fsp3) is 0.417. The Morgan fingerprint density at radius 2 is 2.31 bits per heavy atom. The second-order valence-corrected chi connectivity index (χ2v) is 3.75. The minimum Gasteiger partial charge on any atom is -0.479 e. The first-order chi connectivity index (χ1) is 7.72. The van der Waals surface area contributed by atoms with Crippen molar-refractivity contribution in [3.8, 4) is 0 Å². The highest BCUT2D eigenvalue weighted by Crippen LogP contribution is 2.07. The molecule has 0 aliphatic carbocycles. The molecule has 2 nitrogen and oxygen atoms in total. The number of hydrogen-bond acceptors (Lipinski definition) is 2.